The number of ether oxygens (including phenoxy) is 1. The summed E-state index contributed by atoms with van der Waals surface area (Å²) in [5.74, 6) is -0.412. The first kappa shape index (κ1) is 21.5. The number of rotatable bonds is 5. The van der Waals surface area contributed by atoms with E-state index in [0.717, 1.165) is 39.7 Å². The van der Waals surface area contributed by atoms with Crippen LogP contribution in [0.4, 0.5) is 5.69 Å². The van der Waals surface area contributed by atoms with Crippen LogP contribution in [-0.4, -0.2) is 15.9 Å². The van der Waals surface area contributed by atoms with Crippen LogP contribution in [0.5, 0.6) is 0 Å². The minimum absolute atomic E-state index is 0.000849. The lowest BCUT2D eigenvalue weighted by Gasteiger charge is -2.12. The van der Waals surface area contributed by atoms with Gasteiger partial charge in [0, 0.05) is 17.5 Å². The van der Waals surface area contributed by atoms with Crippen LogP contribution >= 0.6 is 0 Å². The highest BCUT2D eigenvalue weighted by Crippen LogP contribution is 2.38. The van der Waals surface area contributed by atoms with Crippen LogP contribution in [0.1, 0.15) is 44.7 Å². The fourth-order valence-corrected chi connectivity index (χ4v) is 4.31. The van der Waals surface area contributed by atoms with E-state index < -0.39 is 10.9 Å². The summed E-state index contributed by atoms with van der Waals surface area (Å²) in [5.41, 5.74) is 7.16. The van der Waals surface area contributed by atoms with Gasteiger partial charge in [0.2, 0.25) is 0 Å². The molecule has 168 valence electrons. The summed E-state index contributed by atoms with van der Waals surface area (Å²) in [6, 6.07) is 21.9. The topological polar surface area (TPSA) is 82.3 Å². The molecule has 0 unspecified atom stereocenters. The smallest absolute Gasteiger partial charge is 0.339 e. The van der Waals surface area contributed by atoms with Crippen LogP contribution in [-0.2, 0) is 17.8 Å². The molecule has 0 radical (unpaired) electrons. The predicted octanol–water partition coefficient (Wildman–Crippen LogP) is 6.30. The number of non-ortho nitro benzene ring substituents is 1. The SMILES string of the molecule is Cc1ccc(C=C2CCc3c2nc2ccccc2c3C(=O)OCc2ccc([N+](=O)[O-])cc2)cc1. The number of pyridine rings is 1. The van der Waals surface area contributed by atoms with E-state index in [-0.39, 0.29) is 12.3 Å². The molecule has 0 N–H and O–H groups in total. The van der Waals surface area contributed by atoms with E-state index in [4.69, 9.17) is 9.72 Å². The molecule has 0 aliphatic heterocycles. The standard InChI is InChI=1S/C28H22N2O4/c1-18-6-8-19(9-7-18)16-21-12-15-24-26(23-4-2-3-5-25(23)29-27(21)24)28(31)34-17-20-10-13-22(14-11-20)30(32)33/h2-11,13-14,16H,12,15,17H2,1H3. The van der Waals surface area contributed by atoms with Crippen LogP contribution in [0, 0.1) is 17.0 Å². The number of hydrogen-bond donors (Lipinski definition) is 0. The van der Waals surface area contributed by atoms with Gasteiger partial charge in [-0.3, -0.25) is 10.1 Å². The molecular formula is C28H22N2O4. The number of nitrogens with zero attached hydrogens (tertiary/aromatic N) is 2. The van der Waals surface area contributed by atoms with Crippen molar-refractivity contribution in [3.05, 3.63) is 116 Å². The fourth-order valence-electron chi connectivity index (χ4n) is 4.31. The van der Waals surface area contributed by atoms with Crippen molar-refractivity contribution in [3.8, 4) is 0 Å². The maximum atomic E-state index is 13.3. The van der Waals surface area contributed by atoms with Crippen LogP contribution < -0.4 is 0 Å². The first-order chi connectivity index (χ1) is 16.5. The third kappa shape index (κ3) is 4.18. The van der Waals surface area contributed by atoms with Crippen molar-refractivity contribution in [2.75, 3.05) is 0 Å². The van der Waals surface area contributed by atoms with E-state index in [2.05, 4.69) is 37.3 Å². The van der Waals surface area contributed by atoms with E-state index in [9.17, 15) is 14.9 Å². The highest BCUT2D eigenvalue weighted by molar-refractivity contribution is 6.07. The number of carbonyl (C=O) groups is 1. The Bertz CT molecular complexity index is 1440. The Kier molecular flexibility index (Phi) is 5.64. The second-order valence-corrected chi connectivity index (χ2v) is 8.41. The minimum Gasteiger partial charge on any atom is -0.457 e. The van der Waals surface area contributed by atoms with E-state index >= 15 is 0 Å². The first-order valence-corrected chi connectivity index (χ1v) is 11.1. The Morgan fingerprint density at radius 3 is 2.50 bits per heavy atom. The van der Waals surface area contributed by atoms with Gasteiger partial charge >= 0.3 is 5.97 Å². The maximum Gasteiger partial charge on any atom is 0.339 e. The summed E-state index contributed by atoms with van der Waals surface area (Å²) in [6.07, 6.45) is 3.65. The number of nitro benzene ring substituents is 1. The van der Waals surface area contributed by atoms with Crippen LogP contribution in [0.15, 0.2) is 72.8 Å². The van der Waals surface area contributed by atoms with E-state index in [1.54, 1.807) is 12.1 Å². The number of esters is 1. The maximum absolute atomic E-state index is 13.3. The zero-order valence-corrected chi connectivity index (χ0v) is 18.7. The van der Waals surface area contributed by atoms with Crippen molar-refractivity contribution in [1.82, 2.24) is 4.98 Å². The molecule has 0 saturated carbocycles. The number of benzene rings is 3. The monoisotopic (exact) mass is 450 g/mol. The molecule has 1 aliphatic carbocycles. The van der Waals surface area contributed by atoms with Gasteiger partial charge in [0.05, 0.1) is 21.7 Å². The lowest BCUT2D eigenvalue weighted by Crippen LogP contribution is -2.10. The molecule has 5 rings (SSSR count). The molecular weight excluding hydrogens is 428 g/mol. The first-order valence-electron chi connectivity index (χ1n) is 11.1. The fraction of sp³-hybridized carbons (Fsp3) is 0.143. The minimum atomic E-state index is -0.454. The average molecular weight is 450 g/mol. The van der Waals surface area contributed by atoms with E-state index in [1.165, 1.54) is 17.7 Å². The van der Waals surface area contributed by atoms with Gasteiger partial charge in [-0.2, -0.15) is 0 Å². The molecule has 1 heterocycles. The van der Waals surface area contributed by atoms with Gasteiger partial charge in [0.1, 0.15) is 6.61 Å². The number of carbonyl (C=O) groups excluding carboxylic acids is 1. The Hall–Kier alpha value is -4.32. The Morgan fingerprint density at radius 2 is 1.76 bits per heavy atom. The summed E-state index contributed by atoms with van der Waals surface area (Å²) >= 11 is 0. The third-order valence-corrected chi connectivity index (χ3v) is 6.08. The molecule has 6 heteroatoms. The van der Waals surface area contributed by atoms with Crippen LogP contribution in [0.25, 0.3) is 22.6 Å². The Balaban J connectivity index is 1.49. The predicted molar refractivity (Wildman–Crippen MR) is 131 cm³/mol. The summed E-state index contributed by atoms with van der Waals surface area (Å²) in [5, 5.41) is 11.6. The van der Waals surface area contributed by atoms with Gasteiger partial charge in [-0.25, -0.2) is 9.78 Å². The summed E-state index contributed by atoms with van der Waals surface area (Å²) in [7, 11) is 0. The van der Waals surface area contributed by atoms with Crippen molar-refractivity contribution in [3.63, 3.8) is 0 Å². The largest absolute Gasteiger partial charge is 0.457 e. The zero-order valence-electron chi connectivity index (χ0n) is 18.7. The third-order valence-electron chi connectivity index (χ3n) is 6.08. The molecule has 1 aromatic heterocycles. The number of hydrogen-bond acceptors (Lipinski definition) is 5. The molecule has 0 bridgehead atoms. The molecule has 0 amide bonds. The van der Waals surface area contributed by atoms with Gasteiger partial charge < -0.3 is 4.74 Å². The molecule has 0 fully saturated rings. The Labute approximate surface area is 196 Å². The van der Waals surface area contributed by atoms with Gasteiger partial charge in [-0.15, -0.1) is 0 Å². The van der Waals surface area contributed by atoms with Gasteiger partial charge in [0.25, 0.3) is 5.69 Å². The molecule has 34 heavy (non-hydrogen) atoms. The van der Waals surface area contributed by atoms with Crippen LogP contribution in [0.3, 0.4) is 0 Å². The zero-order chi connectivity index (χ0) is 23.7. The molecule has 0 atom stereocenters. The van der Waals surface area contributed by atoms with Crippen molar-refractivity contribution in [2.45, 2.75) is 26.4 Å². The van der Waals surface area contributed by atoms with Crippen molar-refractivity contribution in [1.29, 1.82) is 0 Å². The number of allylic oxidation sites excluding steroid dienone is 1. The van der Waals surface area contributed by atoms with E-state index in [0.29, 0.717) is 17.5 Å². The molecule has 3 aromatic carbocycles. The van der Waals surface area contributed by atoms with Gasteiger partial charge in [-0.05, 0) is 66.3 Å². The van der Waals surface area contributed by atoms with Crippen molar-refractivity contribution < 1.29 is 14.5 Å². The van der Waals surface area contributed by atoms with Gasteiger partial charge in [0.15, 0.2) is 0 Å². The number of fused-ring (bicyclic) bond motifs is 2. The summed E-state index contributed by atoms with van der Waals surface area (Å²) < 4.78 is 5.66. The second-order valence-electron chi connectivity index (χ2n) is 8.41. The van der Waals surface area contributed by atoms with Crippen molar-refractivity contribution in [2.24, 2.45) is 0 Å². The van der Waals surface area contributed by atoms with Crippen LogP contribution in [0.2, 0.25) is 0 Å². The highest BCUT2D eigenvalue weighted by atomic mass is 16.6. The quantitative estimate of drug-likeness (QED) is 0.203. The number of aryl methyl sites for hydroxylation is 1. The molecule has 0 saturated heterocycles. The second kappa shape index (κ2) is 8.90. The Morgan fingerprint density at radius 1 is 1.03 bits per heavy atom. The van der Waals surface area contributed by atoms with Gasteiger partial charge in [-0.1, -0.05) is 48.0 Å². The summed E-state index contributed by atoms with van der Waals surface area (Å²) in [4.78, 5) is 28.6. The summed E-state index contributed by atoms with van der Waals surface area (Å²) in [6.45, 7) is 2.10. The highest BCUT2D eigenvalue weighted by Gasteiger charge is 2.27. The van der Waals surface area contributed by atoms with E-state index in [1.807, 2.05) is 24.3 Å². The average Bonchev–Trinajstić information content (AvgIpc) is 3.24. The molecule has 4 aromatic rings. The molecule has 0 spiro atoms. The molecule has 1 aliphatic rings. The normalized spacial score (nSPS) is 13.7. The molecule has 6 nitrogen and oxygen atoms in total. The van der Waals surface area contributed by atoms with Crippen molar-refractivity contribution >= 4 is 34.2 Å². The lowest BCUT2D eigenvalue weighted by molar-refractivity contribution is -0.384. The number of aromatic nitrogens is 1. The number of nitro groups is 1. The lowest BCUT2D eigenvalue weighted by atomic mass is 10.0. The number of para-hydroxylation sites is 1.